The van der Waals surface area contributed by atoms with Crippen LogP contribution in [0.25, 0.3) is 0 Å². The normalized spacial score (nSPS) is 16.2. The average Bonchev–Trinajstić information content (AvgIpc) is 2.56. The summed E-state index contributed by atoms with van der Waals surface area (Å²) in [5.41, 5.74) is 0. The number of nitrogens with zero attached hydrogens (tertiary/aromatic N) is 1. The van der Waals surface area contributed by atoms with Gasteiger partial charge in [-0.2, -0.15) is 0 Å². The molecule has 116 valence electrons. The lowest BCUT2D eigenvalue weighted by atomic mass is 10.1. The Morgan fingerprint density at radius 1 is 1.05 bits per heavy atom. The highest BCUT2D eigenvalue weighted by Gasteiger charge is 2.19. The molecule has 1 unspecified atom stereocenters. The third-order valence-electron chi connectivity index (χ3n) is 2.66. The molecule has 1 heterocycles. The highest BCUT2D eigenvalue weighted by atomic mass is 16.2. The number of rotatable bonds is 1. The van der Waals surface area contributed by atoms with Crippen molar-refractivity contribution in [1.82, 2.24) is 10.2 Å². The molecular formula is C17H32N2O. The minimum absolute atomic E-state index is 0.0599. The van der Waals surface area contributed by atoms with E-state index < -0.39 is 0 Å². The number of benzene rings is 1. The predicted molar refractivity (Wildman–Crippen MR) is 88.9 cm³/mol. The molecule has 1 N–H and O–H groups in total. The smallest absolute Gasteiger partial charge is 0.317 e. The Morgan fingerprint density at radius 3 is 1.75 bits per heavy atom. The second kappa shape index (κ2) is 15.5. The van der Waals surface area contributed by atoms with Crippen LogP contribution in [0.1, 0.15) is 41.0 Å². The van der Waals surface area contributed by atoms with Gasteiger partial charge in [0.05, 0.1) is 0 Å². The van der Waals surface area contributed by atoms with Gasteiger partial charge in [0.2, 0.25) is 0 Å². The zero-order chi connectivity index (χ0) is 15.8. The molecule has 1 aromatic rings. The van der Waals surface area contributed by atoms with Crippen LogP contribution >= 0.6 is 0 Å². The van der Waals surface area contributed by atoms with E-state index in [1.807, 2.05) is 71.1 Å². The van der Waals surface area contributed by atoms with Crippen molar-refractivity contribution in [3.63, 3.8) is 0 Å². The van der Waals surface area contributed by atoms with Crippen LogP contribution in [0.2, 0.25) is 0 Å². The first-order valence-corrected chi connectivity index (χ1v) is 7.73. The molecule has 0 saturated carbocycles. The molecule has 20 heavy (non-hydrogen) atoms. The van der Waals surface area contributed by atoms with Gasteiger partial charge < -0.3 is 10.2 Å². The first-order chi connectivity index (χ1) is 9.74. The number of nitrogens with one attached hydrogen (secondary N) is 1. The van der Waals surface area contributed by atoms with Crippen LogP contribution in [0.4, 0.5) is 4.79 Å². The van der Waals surface area contributed by atoms with E-state index in [0.717, 1.165) is 19.5 Å². The fourth-order valence-electron chi connectivity index (χ4n) is 1.56. The van der Waals surface area contributed by atoms with Gasteiger partial charge in [0.15, 0.2) is 0 Å². The summed E-state index contributed by atoms with van der Waals surface area (Å²) in [4.78, 5) is 12.6. The first-order valence-electron chi connectivity index (χ1n) is 7.73. The van der Waals surface area contributed by atoms with E-state index in [-0.39, 0.29) is 6.03 Å². The Labute approximate surface area is 125 Å². The standard InChI is InChI=1S/C7H14N2O.C6H6.2C2H6/c1-3-6-4-8-7(10)9(2)5-6;1-2-4-6-5-3-1;2*1-2/h6H,3-5H2,1-2H3,(H,8,10);1-6H;2*1-2H3. The predicted octanol–water partition coefficient (Wildman–Crippen LogP) is 4.41. The second-order valence-electron chi connectivity index (χ2n) is 4.00. The molecule has 0 bridgehead atoms. The molecule has 0 spiro atoms. The maximum absolute atomic E-state index is 10.9. The quantitative estimate of drug-likeness (QED) is 0.812. The van der Waals surface area contributed by atoms with Crippen molar-refractivity contribution in [3.8, 4) is 0 Å². The first kappa shape index (κ1) is 20.8. The van der Waals surface area contributed by atoms with Gasteiger partial charge in [-0.05, 0) is 12.3 Å². The van der Waals surface area contributed by atoms with Gasteiger partial charge in [-0.25, -0.2) is 4.79 Å². The lowest BCUT2D eigenvalue weighted by Crippen LogP contribution is -2.48. The van der Waals surface area contributed by atoms with Crippen molar-refractivity contribution in [3.05, 3.63) is 36.4 Å². The summed E-state index contributed by atoms with van der Waals surface area (Å²) >= 11 is 0. The van der Waals surface area contributed by atoms with Gasteiger partial charge in [0, 0.05) is 20.1 Å². The van der Waals surface area contributed by atoms with Crippen molar-refractivity contribution in [2.75, 3.05) is 20.1 Å². The summed E-state index contributed by atoms with van der Waals surface area (Å²) in [6.07, 6.45) is 1.14. The molecule has 1 saturated heterocycles. The van der Waals surface area contributed by atoms with Gasteiger partial charge in [-0.15, -0.1) is 0 Å². The molecule has 0 aromatic heterocycles. The van der Waals surface area contributed by atoms with Crippen LogP contribution in [0, 0.1) is 5.92 Å². The molecule has 0 radical (unpaired) electrons. The summed E-state index contributed by atoms with van der Waals surface area (Å²) in [6.45, 7) is 11.9. The van der Waals surface area contributed by atoms with Crippen molar-refractivity contribution in [2.45, 2.75) is 41.0 Å². The Morgan fingerprint density at radius 2 is 1.45 bits per heavy atom. The molecule has 1 aromatic carbocycles. The largest absolute Gasteiger partial charge is 0.338 e. The highest BCUT2D eigenvalue weighted by molar-refractivity contribution is 5.74. The molecule has 3 heteroatoms. The number of amides is 2. The van der Waals surface area contributed by atoms with Crippen molar-refractivity contribution < 1.29 is 4.79 Å². The van der Waals surface area contributed by atoms with Gasteiger partial charge in [-0.1, -0.05) is 71.0 Å². The number of carbonyl (C=O) groups excluding carboxylic acids is 1. The molecule has 1 atom stereocenters. The summed E-state index contributed by atoms with van der Waals surface area (Å²) in [5.74, 6) is 0.641. The Hall–Kier alpha value is -1.51. The number of carbonyl (C=O) groups is 1. The number of hydrogen-bond donors (Lipinski definition) is 1. The van der Waals surface area contributed by atoms with Gasteiger partial charge in [-0.3, -0.25) is 0 Å². The van der Waals surface area contributed by atoms with E-state index in [1.165, 1.54) is 0 Å². The maximum Gasteiger partial charge on any atom is 0.317 e. The lowest BCUT2D eigenvalue weighted by molar-refractivity contribution is 0.180. The van der Waals surface area contributed by atoms with E-state index >= 15 is 0 Å². The fraction of sp³-hybridized carbons (Fsp3) is 0.588. The summed E-state index contributed by atoms with van der Waals surface area (Å²) in [6, 6.07) is 12.1. The van der Waals surface area contributed by atoms with E-state index in [1.54, 1.807) is 4.90 Å². The summed E-state index contributed by atoms with van der Waals surface area (Å²) in [7, 11) is 1.83. The van der Waals surface area contributed by atoms with Crippen LogP contribution in [-0.4, -0.2) is 31.1 Å². The van der Waals surface area contributed by atoms with Gasteiger partial charge >= 0.3 is 6.03 Å². The Bertz CT molecular complexity index is 274. The van der Waals surface area contributed by atoms with Crippen LogP contribution < -0.4 is 5.32 Å². The average molecular weight is 280 g/mol. The summed E-state index contributed by atoms with van der Waals surface area (Å²) in [5, 5.41) is 2.82. The highest BCUT2D eigenvalue weighted by Crippen LogP contribution is 2.07. The third kappa shape index (κ3) is 10.4. The number of urea groups is 1. The SMILES string of the molecule is CC.CC.CCC1CNC(=O)N(C)C1.c1ccccc1. The molecule has 2 rings (SSSR count). The van der Waals surface area contributed by atoms with Crippen molar-refractivity contribution in [2.24, 2.45) is 5.92 Å². The minimum Gasteiger partial charge on any atom is -0.338 e. The monoisotopic (exact) mass is 280 g/mol. The summed E-state index contributed by atoms with van der Waals surface area (Å²) < 4.78 is 0. The van der Waals surface area contributed by atoms with Crippen LogP contribution in [-0.2, 0) is 0 Å². The fourth-order valence-corrected chi connectivity index (χ4v) is 1.56. The topological polar surface area (TPSA) is 32.3 Å². The van der Waals surface area contributed by atoms with Crippen LogP contribution in [0.15, 0.2) is 36.4 Å². The molecule has 0 aliphatic carbocycles. The molecule has 1 aliphatic heterocycles. The molecule has 1 fully saturated rings. The minimum atomic E-state index is 0.0599. The Balaban J connectivity index is 0. The molecule has 2 amide bonds. The molecular weight excluding hydrogens is 248 g/mol. The van der Waals surface area contributed by atoms with Gasteiger partial charge in [0.1, 0.15) is 0 Å². The van der Waals surface area contributed by atoms with Gasteiger partial charge in [0.25, 0.3) is 0 Å². The lowest BCUT2D eigenvalue weighted by Gasteiger charge is -2.29. The van der Waals surface area contributed by atoms with E-state index in [0.29, 0.717) is 5.92 Å². The second-order valence-corrected chi connectivity index (χ2v) is 4.00. The number of hydrogen-bond acceptors (Lipinski definition) is 1. The van der Waals surface area contributed by atoms with E-state index in [4.69, 9.17) is 0 Å². The zero-order valence-corrected chi connectivity index (χ0v) is 14.0. The Kier molecular flexibility index (Phi) is 16.2. The molecule has 3 nitrogen and oxygen atoms in total. The maximum atomic E-state index is 10.9. The van der Waals surface area contributed by atoms with Crippen LogP contribution in [0.5, 0.6) is 0 Å². The third-order valence-corrected chi connectivity index (χ3v) is 2.66. The van der Waals surface area contributed by atoms with Crippen LogP contribution in [0.3, 0.4) is 0 Å². The van der Waals surface area contributed by atoms with E-state index in [9.17, 15) is 4.79 Å². The zero-order valence-electron chi connectivity index (χ0n) is 14.0. The van der Waals surface area contributed by atoms with E-state index in [2.05, 4.69) is 12.2 Å². The van der Waals surface area contributed by atoms with Crippen molar-refractivity contribution >= 4 is 6.03 Å². The molecule has 1 aliphatic rings. The van der Waals surface area contributed by atoms with Crippen molar-refractivity contribution in [1.29, 1.82) is 0 Å².